The van der Waals surface area contributed by atoms with Gasteiger partial charge in [0.2, 0.25) is 5.95 Å². The number of nitrogens with zero attached hydrogens (tertiary/aromatic N) is 3. The van der Waals surface area contributed by atoms with E-state index in [2.05, 4.69) is 30.8 Å². The summed E-state index contributed by atoms with van der Waals surface area (Å²) in [5.74, 6) is 0.860. The van der Waals surface area contributed by atoms with E-state index in [4.69, 9.17) is 11.6 Å². The average molecular weight is 303 g/mol. The zero-order valence-corrected chi connectivity index (χ0v) is 11.2. The lowest BCUT2D eigenvalue weighted by Gasteiger charge is -2.36. The van der Waals surface area contributed by atoms with E-state index in [1.54, 1.807) is 0 Å². The summed E-state index contributed by atoms with van der Waals surface area (Å²) in [6.07, 6.45) is 8.22. The number of aromatic nitrogens is 2. The molecule has 1 aromatic rings. The minimum absolute atomic E-state index is 0.337. The topological polar surface area (TPSA) is 29.0 Å². The van der Waals surface area contributed by atoms with E-state index in [-0.39, 0.29) is 0 Å². The Balaban J connectivity index is 1.88. The third kappa shape index (κ3) is 1.82. The van der Waals surface area contributed by atoms with E-state index < -0.39 is 0 Å². The number of fused-ring (bicyclic) bond motifs is 2. The third-order valence-electron chi connectivity index (χ3n) is 3.51. The first kappa shape index (κ1) is 10.8. The maximum Gasteiger partial charge on any atom is 0.225 e. The van der Waals surface area contributed by atoms with Crippen LogP contribution < -0.4 is 4.90 Å². The van der Waals surface area contributed by atoms with E-state index in [9.17, 15) is 0 Å². The number of hydrogen-bond acceptors (Lipinski definition) is 3. The molecular weight excluding hydrogens is 289 g/mol. The van der Waals surface area contributed by atoms with E-state index >= 15 is 0 Å². The van der Waals surface area contributed by atoms with Crippen LogP contribution in [0.3, 0.4) is 0 Å². The van der Waals surface area contributed by atoms with Crippen molar-refractivity contribution in [2.75, 3.05) is 4.90 Å². The van der Waals surface area contributed by atoms with Crippen LogP contribution in [0.15, 0.2) is 16.9 Å². The van der Waals surface area contributed by atoms with Gasteiger partial charge in [0.05, 0.1) is 4.47 Å². The van der Waals surface area contributed by atoms with Crippen molar-refractivity contribution < 1.29 is 0 Å². The summed E-state index contributed by atoms with van der Waals surface area (Å²) >= 11 is 9.61. The summed E-state index contributed by atoms with van der Waals surface area (Å²) in [6.45, 7) is 0. The van der Waals surface area contributed by atoms with Gasteiger partial charge < -0.3 is 4.90 Å². The van der Waals surface area contributed by atoms with Crippen LogP contribution in [-0.2, 0) is 0 Å². The van der Waals surface area contributed by atoms with E-state index in [0.717, 1.165) is 23.3 Å². The molecule has 0 amide bonds. The average Bonchev–Trinajstić information content (AvgIpc) is 2.54. The SMILES string of the molecule is ClC1CC2CCC(C1)N2c1ncc(Br)cn1. The van der Waals surface area contributed by atoms with E-state index in [1.165, 1.54) is 12.8 Å². The molecule has 3 nitrogen and oxygen atoms in total. The Morgan fingerprint density at radius 3 is 2.31 bits per heavy atom. The summed E-state index contributed by atoms with van der Waals surface area (Å²) in [5, 5.41) is 0.337. The van der Waals surface area contributed by atoms with Crippen LogP contribution in [0, 0.1) is 0 Å². The Labute approximate surface area is 108 Å². The van der Waals surface area contributed by atoms with E-state index in [0.29, 0.717) is 17.5 Å². The van der Waals surface area contributed by atoms with Gasteiger partial charge in [-0.15, -0.1) is 11.6 Å². The molecule has 0 aromatic carbocycles. The lowest BCUT2D eigenvalue weighted by atomic mass is 10.0. The van der Waals surface area contributed by atoms with Gasteiger partial charge in [-0.05, 0) is 41.6 Å². The maximum atomic E-state index is 6.25. The summed E-state index contributed by atoms with van der Waals surface area (Å²) in [5.41, 5.74) is 0. The van der Waals surface area contributed by atoms with Gasteiger partial charge in [-0.3, -0.25) is 0 Å². The van der Waals surface area contributed by atoms with Crippen molar-refractivity contribution in [1.82, 2.24) is 9.97 Å². The fourth-order valence-electron chi connectivity index (χ4n) is 2.88. The Morgan fingerprint density at radius 2 is 1.75 bits per heavy atom. The molecule has 3 heterocycles. The van der Waals surface area contributed by atoms with Gasteiger partial charge in [-0.25, -0.2) is 9.97 Å². The highest BCUT2D eigenvalue weighted by Crippen LogP contribution is 2.39. The van der Waals surface area contributed by atoms with Crippen LogP contribution in [0.1, 0.15) is 25.7 Å². The van der Waals surface area contributed by atoms with Crippen molar-refractivity contribution in [3.63, 3.8) is 0 Å². The molecule has 5 heteroatoms. The third-order valence-corrected chi connectivity index (χ3v) is 4.28. The molecule has 2 bridgehead atoms. The molecule has 0 spiro atoms. The first-order chi connectivity index (χ1) is 7.74. The highest BCUT2D eigenvalue weighted by Gasteiger charge is 2.41. The number of halogens is 2. The molecule has 0 radical (unpaired) electrons. The number of hydrogen-bond donors (Lipinski definition) is 0. The largest absolute Gasteiger partial charge is 0.335 e. The summed E-state index contributed by atoms with van der Waals surface area (Å²) in [7, 11) is 0. The van der Waals surface area contributed by atoms with Gasteiger partial charge >= 0.3 is 0 Å². The molecule has 2 saturated heterocycles. The first-order valence-electron chi connectivity index (χ1n) is 5.64. The number of alkyl halides is 1. The van der Waals surface area contributed by atoms with Crippen molar-refractivity contribution in [2.45, 2.75) is 43.1 Å². The Bertz CT molecular complexity index is 369. The zero-order valence-electron chi connectivity index (χ0n) is 8.81. The molecule has 3 rings (SSSR count). The van der Waals surface area contributed by atoms with Crippen molar-refractivity contribution in [2.24, 2.45) is 0 Å². The summed E-state index contributed by atoms with van der Waals surface area (Å²) in [6, 6.07) is 1.09. The molecule has 16 heavy (non-hydrogen) atoms. The molecule has 0 aliphatic carbocycles. The molecule has 2 aliphatic rings. The highest BCUT2D eigenvalue weighted by atomic mass is 79.9. The van der Waals surface area contributed by atoms with Crippen molar-refractivity contribution in [3.8, 4) is 0 Å². The first-order valence-corrected chi connectivity index (χ1v) is 6.87. The number of anilines is 1. The monoisotopic (exact) mass is 301 g/mol. The molecule has 2 aliphatic heterocycles. The quantitative estimate of drug-likeness (QED) is 0.747. The van der Waals surface area contributed by atoms with Gasteiger partial charge in [-0.1, -0.05) is 0 Å². The Hall–Kier alpha value is -0.350. The van der Waals surface area contributed by atoms with Crippen LogP contribution in [-0.4, -0.2) is 27.4 Å². The summed E-state index contributed by atoms with van der Waals surface area (Å²) in [4.78, 5) is 11.2. The summed E-state index contributed by atoms with van der Waals surface area (Å²) < 4.78 is 0.927. The molecule has 0 N–H and O–H groups in total. The molecule has 2 atom stereocenters. The molecule has 2 unspecified atom stereocenters. The van der Waals surface area contributed by atoms with Crippen LogP contribution in [0.5, 0.6) is 0 Å². The molecule has 2 fully saturated rings. The standard InChI is InChI=1S/C11H13BrClN3/c12-7-5-14-11(15-6-7)16-9-1-2-10(16)4-8(13)3-9/h5-6,8-10H,1-4H2. The molecule has 86 valence electrons. The normalized spacial score (nSPS) is 33.1. The smallest absolute Gasteiger partial charge is 0.225 e. The number of piperidine rings is 1. The van der Waals surface area contributed by atoms with Crippen molar-refractivity contribution >= 4 is 33.5 Å². The lowest BCUT2D eigenvalue weighted by Crippen LogP contribution is -2.44. The predicted octanol–water partition coefficient (Wildman–Crippen LogP) is 2.98. The second-order valence-electron chi connectivity index (χ2n) is 4.56. The van der Waals surface area contributed by atoms with Gasteiger partial charge in [0.15, 0.2) is 0 Å². The van der Waals surface area contributed by atoms with Gasteiger partial charge in [-0.2, -0.15) is 0 Å². The Morgan fingerprint density at radius 1 is 1.19 bits per heavy atom. The fourth-order valence-corrected chi connectivity index (χ4v) is 3.49. The molecule has 0 saturated carbocycles. The minimum Gasteiger partial charge on any atom is -0.335 e. The van der Waals surface area contributed by atoms with Crippen molar-refractivity contribution in [1.29, 1.82) is 0 Å². The predicted molar refractivity (Wildman–Crippen MR) is 67.9 cm³/mol. The highest BCUT2D eigenvalue weighted by molar-refractivity contribution is 9.10. The van der Waals surface area contributed by atoms with Crippen LogP contribution in [0.25, 0.3) is 0 Å². The van der Waals surface area contributed by atoms with Crippen LogP contribution in [0.2, 0.25) is 0 Å². The zero-order chi connectivity index (χ0) is 11.1. The van der Waals surface area contributed by atoms with Crippen molar-refractivity contribution in [3.05, 3.63) is 16.9 Å². The molecule has 1 aromatic heterocycles. The fraction of sp³-hybridized carbons (Fsp3) is 0.636. The van der Waals surface area contributed by atoms with Gasteiger partial charge in [0.25, 0.3) is 0 Å². The molecular formula is C11H13BrClN3. The maximum absolute atomic E-state index is 6.25. The van der Waals surface area contributed by atoms with Crippen LogP contribution in [0.4, 0.5) is 5.95 Å². The Kier molecular flexibility index (Phi) is 2.80. The minimum atomic E-state index is 0.337. The lowest BCUT2D eigenvalue weighted by molar-refractivity contribution is 0.466. The second-order valence-corrected chi connectivity index (χ2v) is 6.10. The van der Waals surface area contributed by atoms with Gasteiger partial charge in [0, 0.05) is 29.9 Å². The number of rotatable bonds is 1. The van der Waals surface area contributed by atoms with Crippen LogP contribution >= 0.6 is 27.5 Å². The van der Waals surface area contributed by atoms with E-state index in [1.807, 2.05) is 12.4 Å². The van der Waals surface area contributed by atoms with Gasteiger partial charge in [0.1, 0.15) is 0 Å². The second kappa shape index (κ2) is 4.15.